The number of hydrogen-bond acceptors (Lipinski definition) is 2. The highest BCUT2D eigenvalue weighted by molar-refractivity contribution is 7.10. The zero-order valence-corrected chi connectivity index (χ0v) is 9.05. The van der Waals surface area contributed by atoms with Crippen LogP contribution in [0.15, 0.2) is 17.5 Å². The van der Waals surface area contributed by atoms with E-state index in [4.69, 9.17) is 0 Å². The van der Waals surface area contributed by atoms with Crippen molar-refractivity contribution in [3.63, 3.8) is 0 Å². The van der Waals surface area contributed by atoms with Crippen molar-refractivity contribution in [1.29, 1.82) is 0 Å². The largest absolute Gasteiger partial charge is 0.342 e. The van der Waals surface area contributed by atoms with Crippen LogP contribution in [-0.4, -0.2) is 23.9 Å². The molecule has 1 amide bonds. The van der Waals surface area contributed by atoms with Crippen LogP contribution in [0.3, 0.4) is 0 Å². The van der Waals surface area contributed by atoms with Crippen LogP contribution in [0.5, 0.6) is 0 Å². The van der Waals surface area contributed by atoms with Crippen LogP contribution in [0, 0.1) is 0 Å². The zero-order chi connectivity index (χ0) is 9.80. The predicted octanol–water partition coefficient (Wildman–Crippen LogP) is 2.30. The highest BCUT2D eigenvalue weighted by Gasteiger charge is 2.16. The molecule has 2 nitrogen and oxygen atoms in total. The first-order valence-corrected chi connectivity index (χ1v) is 6.04. The molecular formula is C11H15NOS. The highest BCUT2D eigenvalue weighted by atomic mass is 32.1. The Labute approximate surface area is 88.5 Å². The predicted molar refractivity (Wildman–Crippen MR) is 58.5 cm³/mol. The molecule has 0 aliphatic carbocycles. The van der Waals surface area contributed by atoms with Gasteiger partial charge in [0, 0.05) is 18.0 Å². The van der Waals surface area contributed by atoms with Gasteiger partial charge in [-0.1, -0.05) is 6.07 Å². The molecule has 0 N–H and O–H groups in total. The Balaban J connectivity index is 1.88. The van der Waals surface area contributed by atoms with E-state index in [1.807, 2.05) is 22.4 Å². The minimum absolute atomic E-state index is 0.298. The minimum Gasteiger partial charge on any atom is -0.342 e. The lowest BCUT2D eigenvalue weighted by molar-refractivity contribution is -0.131. The Morgan fingerprint density at radius 1 is 1.36 bits per heavy atom. The fraction of sp³-hybridized carbons (Fsp3) is 0.545. The number of piperidine rings is 1. The molecule has 0 bridgehead atoms. The third-order valence-electron chi connectivity index (χ3n) is 2.61. The van der Waals surface area contributed by atoms with Gasteiger partial charge in [-0.2, -0.15) is 0 Å². The lowest BCUT2D eigenvalue weighted by atomic mass is 10.1. The van der Waals surface area contributed by atoms with E-state index in [-0.39, 0.29) is 0 Å². The van der Waals surface area contributed by atoms with Crippen LogP contribution >= 0.6 is 11.3 Å². The van der Waals surface area contributed by atoms with Gasteiger partial charge in [0.05, 0.1) is 6.42 Å². The standard InChI is InChI=1S/C11H15NOS/c13-11(9-10-5-4-8-14-10)12-6-2-1-3-7-12/h4-5,8H,1-3,6-7,9H2. The summed E-state index contributed by atoms with van der Waals surface area (Å²) in [5.41, 5.74) is 0. The molecule has 1 aromatic rings. The molecule has 3 heteroatoms. The van der Waals surface area contributed by atoms with Crippen LogP contribution in [0.2, 0.25) is 0 Å². The summed E-state index contributed by atoms with van der Waals surface area (Å²) in [6, 6.07) is 4.04. The number of likely N-dealkylation sites (tertiary alicyclic amines) is 1. The molecule has 0 atom stereocenters. The van der Waals surface area contributed by atoms with Crippen molar-refractivity contribution in [2.75, 3.05) is 13.1 Å². The molecule has 0 saturated carbocycles. The zero-order valence-electron chi connectivity index (χ0n) is 8.24. The number of hydrogen-bond donors (Lipinski definition) is 0. The van der Waals surface area contributed by atoms with Gasteiger partial charge >= 0.3 is 0 Å². The van der Waals surface area contributed by atoms with E-state index in [1.54, 1.807) is 11.3 Å². The van der Waals surface area contributed by atoms with E-state index in [0.717, 1.165) is 13.1 Å². The van der Waals surface area contributed by atoms with Crippen LogP contribution in [0.4, 0.5) is 0 Å². The Kier molecular flexibility index (Phi) is 3.19. The molecule has 2 rings (SSSR count). The Morgan fingerprint density at radius 3 is 2.79 bits per heavy atom. The van der Waals surface area contributed by atoms with Crippen molar-refractivity contribution < 1.29 is 4.79 Å². The second-order valence-corrected chi connectivity index (χ2v) is 4.73. The van der Waals surface area contributed by atoms with Crippen molar-refractivity contribution in [1.82, 2.24) is 4.90 Å². The van der Waals surface area contributed by atoms with E-state index >= 15 is 0 Å². The molecular weight excluding hydrogens is 194 g/mol. The summed E-state index contributed by atoms with van der Waals surface area (Å²) >= 11 is 1.67. The molecule has 1 aromatic heterocycles. The summed E-state index contributed by atoms with van der Waals surface area (Å²) in [6.07, 6.45) is 4.23. The van der Waals surface area contributed by atoms with E-state index in [2.05, 4.69) is 0 Å². The maximum atomic E-state index is 11.8. The van der Waals surface area contributed by atoms with Gasteiger partial charge in [-0.25, -0.2) is 0 Å². The van der Waals surface area contributed by atoms with Crippen molar-refractivity contribution in [2.24, 2.45) is 0 Å². The molecule has 0 radical (unpaired) electrons. The molecule has 1 aliphatic rings. The normalized spacial score (nSPS) is 17.0. The third kappa shape index (κ3) is 2.35. The molecule has 0 spiro atoms. The number of carbonyl (C=O) groups is 1. The van der Waals surface area contributed by atoms with Crippen LogP contribution in [0.25, 0.3) is 0 Å². The molecule has 14 heavy (non-hydrogen) atoms. The molecule has 2 heterocycles. The maximum absolute atomic E-state index is 11.8. The third-order valence-corrected chi connectivity index (χ3v) is 3.49. The van der Waals surface area contributed by atoms with Gasteiger partial charge < -0.3 is 4.90 Å². The topological polar surface area (TPSA) is 20.3 Å². The Bertz CT molecular complexity index is 288. The fourth-order valence-corrected chi connectivity index (χ4v) is 2.51. The summed E-state index contributed by atoms with van der Waals surface area (Å²) < 4.78 is 0. The summed E-state index contributed by atoms with van der Waals surface area (Å²) in [5.74, 6) is 0.298. The van der Waals surface area contributed by atoms with Gasteiger partial charge in [0.15, 0.2) is 0 Å². The molecule has 1 aliphatic heterocycles. The maximum Gasteiger partial charge on any atom is 0.227 e. The summed E-state index contributed by atoms with van der Waals surface area (Å²) in [4.78, 5) is 15.0. The number of thiophene rings is 1. The average Bonchev–Trinajstić information content (AvgIpc) is 2.72. The quantitative estimate of drug-likeness (QED) is 0.732. The highest BCUT2D eigenvalue weighted by Crippen LogP contribution is 2.14. The van der Waals surface area contributed by atoms with Gasteiger partial charge in [0.25, 0.3) is 0 Å². The van der Waals surface area contributed by atoms with Gasteiger partial charge in [-0.3, -0.25) is 4.79 Å². The van der Waals surface area contributed by atoms with Gasteiger partial charge in [-0.15, -0.1) is 11.3 Å². The van der Waals surface area contributed by atoms with Gasteiger partial charge in [-0.05, 0) is 30.7 Å². The molecule has 0 unspecified atom stereocenters. The van der Waals surface area contributed by atoms with Crippen molar-refractivity contribution in [2.45, 2.75) is 25.7 Å². The van der Waals surface area contributed by atoms with Crippen molar-refractivity contribution in [3.8, 4) is 0 Å². The monoisotopic (exact) mass is 209 g/mol. The van der Waals surface area contributed by atoms with Crippen molar-refractivity contribution in [3.05, 3.63) is 22.4 Å². The lowest BCUT2D eigenvalue weighted by Gasteiger charge is -2.26. The average molecular weight is 209 g/mol. The van der Waals surface area contributed by atoms with Crippen molar-refractivity contribution >= 4 is 17.2 Å². The number of rotatable bonds is 2. The molecule has 1 fully saturated rings. The smallest absolute Gasteiger partial charge is 0.227 e. The minimum atomic E-state index is 0.298. The number of nitrogens with zero attached hydrogens (tertiary/aromatic N) is 1. The lowest BCUT2D eigenvalue weighted by Crippen LogP contribution is -2.36. The first-order valence-electron chi connectivity index (χ1n) is 5.16. The van der Waals surface area contributed by atoms with E-state index in [0.29, 0.717) is 12.3 Å². The molecule has 76 valence electrons. The Hall–Kier alpha value is -0.830. The summed E-state index contributed by atoms with van der Waals surface area (Å²) in [7, 11) is 0. The summed E-state index contributed by atoms with van der Waals surface area (Å²) in [5, 5.41) is 2.03. The second kappa shape index (κ2) is 4.60. The van der Waals surface area contributed by atoms with Gasteiger partial charge in [0.1, 0.15) is 0 Å². The second-order valence-electron chi connectivity index (χ2n) is 3.70. The number of amides is 1. The van der Waals surface area contributed by atoms with E-state index < -0.39 is 0 Å². The fourth-order valence-electron chi connectivity index (χ4n) is 1.82. The number of carbonyl (C=O) groups excluding carboxylic acids is 1. The molecule has 1 saturated heterocycles. The van der Waals surface area contributed by atoms with E-state index in [1.165, 1.54) is 24.1 Å². The van der Waals surface area contributed by atoms with E-state index in [9.17, 15) is 4.79 Å². The Morgan fingerprint density at radius 2 is 2.14 bits per heavy atom. The van der Waals surface area contributed by atoms with Crippen LogP contribution in [0.1, 0.15) is 24.1 Å². The van der Waals surface area contributed by atoms with Crippen LogP contribution < -0.4 is 0 Å². The summed E-state index contributed by atoms with van der Waals surface area (Å²) in [6.45, 7) is 1.93. The van der Waals surface area contributed by atoms with Gasteiger partial charge in [0.2, 0.25) is 5.91 Å². The first kappa shape index (κ1) is 9.71. The SMILES string of the molecule is O=C(Cc1cccs1)N1CCCCC1. The molecule has 0 aromatic carbocycles. The van der Waals surface area contributed by atoms with Crippen LogP contribution in [-0.2, 0) is 11.2 Å². The first-order chi connectivity index (χ1) is 6.86.